The number of methoxy groups -OCH3 is 1. The van der Waals surface area contributed by atoms with E-state index in [1.165, 1.54) is 0 Å². The Morgan fingerprint density at radius 2 is 2.40 bits per heavy atom. The smallest absolute Gasteiger partial charge is 0.316 e. The zero-order valence-corrected chi connectivity index (χ0v) is 12.8. The highest BCUT2D eigenvalue weighted by atomic mass is 79.9. The van der Waals surface area contributed by atoms with E-state index >= 15 is 0 Å². The van der Waals surface area contributed by atoms with Crippen LogP contribution in [-0.2, 0) is 6.54 Å². The van der Waals surface area contributed by atoms with Crippen LogP contribution in [0.4, 0.5) is 0 Å². The van der Waals surface area contributed by atoms with Gasteiger partial charge in [0, 0.05) is 32.0 Å². The number of likely N-dealkylation sites (tertiary alicyclic amines) is 1. The van der Waals surface area contributed by atoms with Gasteiger partial charge < -0.3 is 4.74 Å². The summed E-state index contributed by atoms with van der Waals surface area (Å²) in [6, 6.07) is 2.79. The van der Waals surface area contributed by atoms with Gasteiger partial charge in [-0.2, -0.15) is 10.1 Å². The molecule has 0 bridgehead atoms. The van der Waals surface area contributed by atoms with Crippen LogP contribution in [0.2, 0.25) is 0 Å². The largest absolute Gasteiger partial charge is 0.467 e. The molecule has 3 rings (SSSR count). The van der Waals surface area contributed by atoms with E-state index in [0.717, 1.165) is 36.2 Å². The highest BCUT2D eigenvalue weighted by molar-refractivity contribution is 9.10. The second-order valence-electron chi connectivity index (χ2n) is 4.85. The minimum atomic E-state index is 0.425. The molecule has 2 aromatic rings. The molecule has 1 aliphatic heterocycles. The molecule has 1 saturated heterocycles. The first-order chi connectivity index (χ1) is 9.74. The Bertz CT molecular complexity index is 588. The molecule has 106 valence electrons. The second-order valence-corrected chi connectivity index (χ2v) is 5.77. The molecule has 0 aromatic carbocycles. The van der Waals surface area contributed by atoms with E-state index in [1.54, 1.807) is 13.3 Å². The van der Waals surface area contributed by atoms with E-state index in [0.29, 0.717) is 12.1 Å². The monoisotopic (exact) mass is 337 g/mol. The van der Waals surface area contributed by atoms with Crippen molar-refractivity contribution in [1.29, 1.82) is 0 Å². The third-order valence-corrected chi connectivity index (χ3v) is 3.86. The van der Waals surface area contributed by atoms with Crippen molar-refractivity contribution in [2.24, 2.45) is 0 Å². The first kappa shape index (κ1) is 13.5. The molecule has 3 heterocycles. The summed E-state index contributed by atoms with van der Waals surface area (Å²) in [7, 11) is 1.58. The second kappa shape index (κ2) is 5.88. The standard InChI is InChI=1S/C13H16BrN5O/c1-20-13-15-4-2-11(17-13)8-18-5-3-12(9-18)19-7-10(14)6-16-19/h2,4,6-7,12H,3,5,8-9H2,1H3. The fourth-order valence-electron chi connectivity index (χ4n) is 2.48. The van der Waals surface area contributed by atoms with Crippen molar-refractivity contribution in [3.05, 3.63) is 34.8 Å². The Balaban J connectivity index is 1.62. The average molecular weight is 338 g/mol. The van der Waals surface area contributed by atoms with E-state index in [-0.39, 0.29) is 0 Å². The number of nitrogens with zero attached hydrogens (tertiary/aromatic N) is 5. The van der Waals surface area contributed by atoms with Gasteiger partial charge in [0.25, 0.3) is 0 Å². The average Bonchev–Trinajstić information content (AvgIpc) is 3.08. The van der Waals surface area contributed by atoms with Crippen LogP contribution in [0, 0.1) is 0 Å². The molecular formula is C13H16BrN5O. The molecule has 0 aliphatic carbocycles. The van der Waals surface area contributed by atoms with Crippen molar-refractivity contribution in [3.63, 3.8) is 0 Å². The summed E-state index contributed by atoms with van der Waals surface area (Å²) in [4.78, 5) is 10.8. The van der Waals surface area contributed by atoms with Crippen molar-refractivity contribution >= 4 is 15.9 Å². The van der Waals surface area contributed by atoms with Gasteiger partial charge in [-0.25, -0.2) is 4.98 Å². The van der Waals surface area contributed by atoms with E-state index < -0.39 is 0 Å². The lowest BCUT2D eigenvalue weighted by Crippen LogP contribution is -2.22. The van der Waals surface area contributed by atoms with Gasteiger partial charge in [-0.3, -0.25) is 9.58 Å². The van der Waals surface area contributed by atoms with Crippen LogP contribution >= 0.6 is 15.9 Å². The van der Waals surface area contributed by atoms with Crippen LogP contribution in [0.15, 0.2) is 29.1 Å². The molecule has 0 amide bonds. The summed E-state index contributed by atoms with van der Waals surface area (Å²) in [5.41, 5.74) is 0.985. The Kier molecular flexibility index (Phi) is 3.98. The molecular weight excluding hydrogens is 322 g/mol. The van der Waals surface area contributed by atoms with Gasteiger partial charge in [-0.1, -0.05) is 0 Å². The number of ether oxygens (including phenoxy) is 1. The molecule has 0 N–H and O–H groups in total. The molecule has 0 saturated carbocycles. The summed E-state index contributed by atoms with van der Waals surface area (Å²) < 4.78 is 8.11. The minimum Gasteiger partial charge on any atom is -0.467 e. The maximum atomic E-state index is 5.05. The van der Waals surface area contributed by atoms with Gasteiger partial charge in [-0.05, 0) is 28.4 Å². The molecule has 20 heavy (non-hydrogen) atoms. The fourth-order valence-corrected chi connectivity index (χ4v) is 2.78. The maximum Gasteiger partial charge on any atom is 0.316 e. The zero-order chi connectivity index (χ0) is 13.9. The molecule has 2 aromatic heterocycles. The minimum absolute atomic E-state index is 0.425. The summed E-state index contributed by atoms with van der Waals surface area (Å²) >= 11 is 3.44. The van der Waals surface area contributed by atoms with E-state index in [4.69, 9.17) is 4.74 Å². The van der Waals surface area contributed by atoms with Gasteiger partial charge in [0.2, 0.25) is 0 Å². The first-order valence-electron chi connectivity index (χ1n) is 6.52. The van der Waals surface area contributed by atoms with Crippen molar-refractivity contribution in [3.8, 4) is 6.01 Å². The molecule has 1 atom stereocenters. The zero-order valence-electron chi connectivity index (χ0n) is 11.2. The summed E-state index contributed by atoms with van der Waals surface area (Å²) in [6.07, 6.45) is 6.70. The van der Waals surface area contributed by atoms with Crippen LogP contribution in [0.5, 0.6) is 6.01 Å². The van der Waals surface area contributed by atoms with Crippen molar-refractivity contribution in [1.82, 2.24) is 24.6 Å². The fraction of sp³-hybridized carbons (Fsp3) is 0.462. The number of rotatable bonds is 4. The number of hydrogen-bond donors (Lipinski definition) is 0. The molecule has 0 radical (unpaired) electrons. The molecule has 1 fully saturated rings. The molecule has 0 spiro atoms. The molecule has 7 heteroatoms. The van der Waals surface area contributed by atoms with E-state index in [2.05, 4.69) is 35.9 Å². The SMILES string of the molecule is COc1nccc(CN2CCC(n3cc(Br)cn3)C2)n1. The Hall–Kier alpha value is -1.47. The third-order valence-electron chi connectivity index (χ3n) is 3.45. The van der Waals surface area contributed by atoms with Crippen LogP contribution in [0.3, 0.4) is 0 Å². The number of halogens is 1. The Morgan fingerprint density at radius 3 is 3.15 bits per heavy atom. The normalized spacial score (nSPS) is 19.4. The maximum absolute atomic E-state index is 5.05. The first-order valence-corrected chi connectivity index (χ1v) is 7.32. The predicted molar refractivity (Wildman–Crippen MR) is 77.4 cm³/mol. The molecule has 1 unspecified atom stereocenters. The van der Waals surface area contributed by atoms with Crippen LogP contribution in [0.25, 0.3) is 0 Å². The molecule has 6 nitrogen and oxygen atoms in total. The van der Waals surface area contributed by atoms with Gasteiger partial charge >= 0.3 is 6.01 Å². The van der Waals surface area contributed by atoms with Gasteiger partial charge in [0.1, 0.15) is 0 Å². The lowest BCUT2D eigenvalue weighted by atomic mass is 10.3. The summed E-state index contributed by atoms with van der Waals surface area (Å²) in [6.45, 7) is 2.85. The third kappa shape index (κ3) is 2.99. The number of hydrogen-bond acceptors (Lipinski definition) is 5. The highest BCUT2D eigenvalue weighted by Crippen LogP contribution is 2.23. The van der Waals surface area contributed by atoms with Crippen LogP contribution < -0.4 is 4.74 Å². The topological polar surface area (TPSA) is 56.1 Å². The van der Waals surface area contributed by atoms with Gasteiger partial charge in [0.05, 0.1) is 29.5 Å². The summed E-state index contributed by atoms with van der Waals surface area (Å²) in [5, 5.41) is 4.36. The van der Waals surface area contributed by atoms with Crippen LogP contribution in [-0.4, -0.2) is 44.8 Å². The van der Waals surface area contributed by atoms with Gasteiger partial charge in [0.15, 0.2) is 0 Å². The number of aromatic nitrogens is 4. The van der Waals surface area contributed by atoms with Crippen molar-refractivity contribution < 1.29 is 4.74 Å². The predicted octanol–water partition coefficient (Wildman–Crippen LogP) is 1.89. The highest BCUT2D eigenvalue weighted by Gasteiger charge is 2.24. The Labute approximate surface area is 125 Å². The quantitative estimate of drug-likeness (QED) is 0.852. The molecule has 1 aliphatic rings. The van der Waals surface area contributed by atoms with Crippen molar-refractivity contribution in [2.75, 3.05) is 20.2 Å². The van der Waals surface area contributed by atoms with Crippen molar-refractivity contribution in [2.45, 2.75) is 19.0 Å². The van der Waals surface area contributed by atoms with Gasteiger partial charge in [-0.15, -0.1) is 0 Å². The van der Waals surface area contributed by atoms with Crippen LogP contribution in [0.1, 0.15) is 18.2 Å². The van der Waals surface area contributed by atoms with E-state index in [9.17, 15) is 0 Å². The Morgan fingerprint density at radius 1 is 1.50 bits per heavy atom. The van der Waals surface area contributed by atoms with E-state index in [1.807, 2.05) is 23.1 Å². The lowest BCUT2D eigenvalue weighted by molar-refractivity contribution is 0.304. The summed E-state index contributed by atoms with van der Waals surface area (Å²) in [5.74, 6) is 0. The lowest BCUT2D eigenvalue weighted by Gasteiger charge is -2.15.